The molecule has 0 bridgehead atoms. The number of carbonyl (C=O) groups excluding carboxylic acids is 2. The second kappa shape index (κ2) is 10.6. The predicted molar refractivity (Wildman–Crippen MR) is 141 cm³/mol. The molecule has 2 atom stereocenters. The van der Waals surface area contributed by atoms with Gasteiger partial charge in [0.1, 0.15) is 6.10 Å². The maximum absolute atomic E-state index is 13.8. The lowest BCUT2D eigenvalue weighted by Gasteiger charge is -2.37. The van der Waals surface area contributed by atoms with E-state index in [1.807, 2.05) is 24.4 Å². The number of benzene rings is 1. The van der Waals surface area contributed by atoms with E-state index in [4.69, 9.17) is 18.9 Å². The Kier molecular flexibility index (Phi) is 7.29. The molecule has 5 rings (SSSR count). The SMILES string of the molecule is COc1ccc(C2C(C(=O)OC3CCCC3)=C(C)NC3=C2C(=O)CC(c2cccs2)C3)c(OC)c1OC. The number of rotatable bonds is 7. The number of dihydropyridines is 1. The molecule has 2 aliphatic carbocycles. The fraction of sp³-hybridized carbons (Fsp3) is 0.448. The molecule has 2 unspecified atom stereocenters. The molecule has 0 spiro atoms. The van der Waals surface area contributed by atoms with Gasteiger partial charge in [-0.3, -0.25) is 4.79 Å². The van der Waals surface area contributed by atoms with Crippen LogP contribution in [0.25, 0.3) is 0 Å². The van der Waals surface area contributed by atoms with Crippen LogP contribution >= 0.6 is 11.3 Å². The highest BCUT2D eigenvalue weighted by Crippen LogP contribution is 2.51. The average Bonchev–Trinajstić information content (AvgIpc) is 3.61. The van der Waals surface area contributed by atoms with Crippen LogP contribution in [-0.2, 0) is 14.3 Å². The van der Waals surface area contributed by atoms with Crippen molar-refractivity contribution >= 4 is 23.1 Å². The summed E-state index contributed by atoms with van der Waals surface area (Å²) in [6, 6.07) is 7.74. The second-order valence-electron chi connectivity index (χ2n) is 9.77. The Morgan fingerprint density at radius 3 is 2.41 bits per heavy atom. The van der Waals surface area contributed by atoms with E-state index in [1.165, 1.54) is 4.88 Å². The minimum Gasteiger partial charge on any atom is -0.493 e. The highest BCUT2D eigenvalue weighted by molar-refractivity contribution is 7.10. The third-order valence-electron chi connectivity index (χ3n) is 7.61. The molecular formula is C29H33NO6S. The number of hydrogen-bond donors (Lipinski definition) is 1. The molecule has 196 valence electrons. The van der Waals surface area contributed by atoms with Gasteiger partial charge in [0, 0.05) is 39.7 Å². The fourth-order valence-electron chi connectivity index (χ4n) is 5.92. The normalized spacial score (nSPS) is 22.0. The molecule has 2 aromatic rings. The molecule has 2 heterocycles. The number of carbonyl (C=O) groups is 2. The van der Waals surface area contributed by atoms with Crippen LogP contribution in [0.3, 0.4) is 0 Å². The maximum atomic E-state index is 13.8. The number of Topliss-reactive ketones (excluding diaryl/α,β-unsaturated/α-hetero) is 1. The highest BCUT2D eigenvalue weighted by Gasteiger charge is 2.43. The van der Waals surface area contributed by atoms with Gasteiger partial charge in [-0.15, -0.1) is 11.3 Å². The summed E-state index contributed by atoms with van der Waals surface area (Å²) >= 11 is 1.67. The summed E-state index contributed by atoms with van der Waals surface area (Å²) in [6.45, 7) is 1.88. The van der Waals surface area contributed by atoms with Crippen LogP contribution < -0.4 is 19.5 Å². The first-order valence-corrected chi connectivity index (χ1v) is 13.6. The monoisotopic (exact) mass is 523 g/mol. The number of methoxy groups -OCH3 is 3. The van der Waals surface area contributed by atoms with Crippen LogP contribution in [0.1, 0.15) is 67.7 Å². The first-order chi connectivity index (χ1) is 18.0. The number of thiophene rings is 1. The molecule has 0 saturated heterocycles. The Morgan fingerprint density at radius 2 is 1.76 bits per heavy atom. The summed E-state index contributed by atoms with van der Waals surface area (Å²) in [4.78, 5) is 28.7. The predicted octanol–water partition coefficient (Wildman–Crippen LogP) is 5.62. The minimum absolute atomic E-state index is 0.0210. The first kappa shape index (κ1) is 25.4. The number of esters is 1. The molecule has 0 radical (unpaired) electrons. The van der Waals surface area contributed by atoms with Gasteiger partial charge in [0.25, 0.3) is 0 Å². The van der Waals surface area contributed by atoms with Crippen molar-refractivity contribution in [3.63, 3.8) is 0 Å². The van der Waals surface area contributed by atoms with Gasteiger partial charge in [0.05, 0.1) is 32.8 Å². The fourth-order valence-corrected chi connectivity index (χ4v) is 6.75. The maximum Gasteiger partial charge on any atom is 0.337 e. The van der Waals surface area contributed by atoms with Crippen LogP contribution in [0.4, 0.5) is 0 Å². The van der Waals surface area contributed by atoms with Crippen molar-refractivity contribution in [2.75, 3.05) is 21.3 Å². The lowest BCUT2D eigenvalue weighted by atomic mass is 9.72. The van der Waals surface area contributed by atoms with Crippen LogP contribution in [-0.4, -0.2) is 39.2 Å². The molecule has 3 aliphatic rings. The second-order valence-corrected chi connectivity index (χ2v) is 10.7. The van der Waals surface area contributed by atoms with Crippen molar-refractivity contribution < 1.29 is 28.5 Å². The molecule has 1 aromatic heterocycles. The van der Waals surface area contributed by atoms with E-state index in [2.05, 4.69) is 11.4 Å². The molecule has 0 amide bonds. The molecular weight excluding hydrogens is 490 g/mol. The standard InChI is InChI=1S/C29H33NO6S/c1-16-24(29(32)36-18-8-5-6-9-18)25(19-11-12-22(33-2)28(35-4)27(19)34-3)26-20(30-16)14-17(15-21(26)31)23-10-7-13-37-23/h7,10-13,17-18,25,30H,5-6,8-9,14-15H2,1-4H3. The van der Waals surface area contributed by atoms with Gasteiger partial charge in [0.15, 0.2) is 17.3 Å². The number of nitrogens with one attached hydrogen (secondary N) is 1. The van der Waals surface area contributed by atoms with Crippen LogP contribution in [0, 0.1) is 0 Å². The third-order valence-corrected chi connectivity index (χ3v) is 8.65. The van der Waals surface area contributed by atoms with E-state index in [0.717, 1.165) is 31.4 Å². The number of ketones is 1. The van der Waals surface area contributed by atoms with Gasteiger partial charge in [0.2, 0.25) is 5.75 Å². The summed E-state index contributed by atoms with van der Waals surface area (Å²) in [5.74, 6) is 0.459. The van der Waals surface area contributed by atoms with Crippen molar-refractivity contribution in [1.82, 2.24) is 5.32 Å². The van der Waals surface area contributed by atoms with E-state index < -0.39 is 11.9 Å². The third kappa shape index (κ3) is 4.63. The molecule has 8 heteroatoms. The molecule has 1 fully saturated rings. The van der Waals surface area contributed by atoms with Gasteiger partial charge in [-0.1, -0.05) is 12.1 Å². The van der Waals surface area contributed by atoms with E-state index in [-0.39, 0.29) is 17.8 Å². The van der Waals surface area contributed by atoms with Crippen molar-refractivity contribution in [3.8, 4) is 17.2 Å². The Morgan fingerprint density at radius 1 is 1.00 bits per heavy atom. The number of hydrogen-bond acceptors (Lipinski definition) is 8. The number of ether oxygens (including phenoxy) is 4. The quantitative estimate of drug-likeness (QED) is 0.472. The summed E-state index contributed by atoms with van der Waals surface area (Å²) < 4.78 is 22.9. The Hall–Kier alpha value is -3.26. The Balaban J connectivity index is 1.64. The Labute approximate surface area is 221 Å². The van der Waals surface area contributed by atoms with Gasteiger partial charge in [-0.25, -0.2) is 4.79 Å². The summed E-state index contributed by atoms with van der Waals surface area (Å²) in [5.41, 5.74) is 3.27. The van der Waals surface area contributed by atoms with Gasteiger partial charge in [-0.2, -0.15) is 0 Å². The smallest absolute Gasteiger partial charge is 0.337 e. The Bertz CT molecular complexity index is 1260. The van der Waals surface area contributed by atoms with Crippen molar-refractivity contribution in [1.29, 1.82) is 0 Å². The molecule has 1 aromatic carbocycles. The largest absolute Gasteiger partial charge is 0.493 e. The van der Waals surface area contributed by atoms with Crippen molar-refractivity contribution in [2.24, 2.45) is 0 Å². The lowest BCUT2D eigenvalue weighted by Crippen LogP contribution is -2.36. The van der Waals surface area contributed by atoms with Crippen molar-refractivity contribution in [3.05, 3.63) is 62.6 Å². The van der Waals surface area contributed by atoms with E-state index in [9.17, 15) is 9.59 Å². The van der Waals surface area contributed by atoms with Crippen LogP contribution in [0.5, 0.6) is 17.2 Å². The first-order valence-electron chi connectivity index (χ1n) is 12.7. The molecule has 1 N–H and O–H groups in total. The van der Waals surface area contributed by atoms with E-state index in [0.29, 0.717) is 52.5 Å². The zero-order chi connectivity index (χ0) is 26.1. The van der Waals surface area contributed by atoms with Crippen molar-refractivity contribution in [2.45, 2.75) is 63.4 Å². The highest BCUT2D eigenvalue weighted by atomic mass is 32.1. The van der Waals surface area contributed by atoms with Crippen LogP contribution in [0.2, 0.25) is 0 Å². The summed E-state index contributed by atoms with van der Waals surface area (Å²) in [5, 5.41) is 5.47. The molecule has 1 aliphatic heterocycles. The summed E-state index contributed by atoms with van der Waals surface area (Å²) in [6.07, 6.45) is 4.82. The van der Waals surface area contributed by atoms with Gasteiger partial charge >= 0.3 is 5.97 Å². The lowest BCUT2D eigenvalue weighted by molar-refractivity contribution is -0.144. The molecule has 37 heavy (non-hydrogen) atoms. The average molecular weight is 524 g/mol. The number of allylic oxidation sites excluding steroid dienone is 3. The topological polar surface area (TPSA) is 83.1 Å². The zero-order valence-electron chi connectivity index (χ0n) is 21.7. The van der Waals surface area contributed by atoms with E-state index >= 15 is 0 Å². The van der Waals surface area contributed by atoms with Crippen LogP contribution in [0.15, 0.2) is 52.2 Å². The van der Waals surface area contributed by atoms with Gasteiger partial charge in [-0.05, 0) is 56.5 Å². The summed E-state index contributed by atoms with van der Waals surface area (Å²) in [7, 11) is 4.66. The van der Waals surface area contributed by atoms with E-state index in [1.54, 1.807) is 38.7 Å². The van der Waals surface area contributed by atoms with Gasteiger partial charge < -0.3 is 24.3 Å². The molecule has 7 nitrogen and oxygen atoms in total. The zero-order valence-corrected chi connectivity index (χ0v) is 22.5. The molecule has 1 saturated carbocycles. The minimum atomic E-state index is -0.642.